The molecule has 0 unspecified atom stereocenters. The number of ether oxygens (including phenoxy) is 2. The van der Waals surface area contributed by atoms with Crippen molar-refractivity contribution in [2.24, 2.45) is 0 Å². The third-order valence-electron chi connectivity index (χ3n) is 10.3. The Hall–Kier alpha value is -5.74. The van der Waals surface area contributed by atoms with Gasteiger partial charge in [-0.3, -0.25) is 0 Å². The molecule has 7 aromatic rings. The maximum atomic E-state index is 6.79. The fourth-order valence-corrected chi connectivity index (χ4v) is 8.13. The summed E-state index contributed by atoms with van der Waals surface area (Å²) < 4.78 is 13.6. The van der Waals surface area contributed by atoms with Gasteiger partial charge in [-0.2, -0.15) is 0 Å². The fourth-order valence-electron chi connectivity index (χ4n) is 8.13. The van der Waals surface area contributed by atoms with Crippen LogP contribution in [-0.4, -0.2) is 6.71 Å². The molecule has 10 rings (SSSR count). The highest BCUT2D eigenvalue weighted by Crippen LogP contribution is 2.48. The van der Waals surface area contributed by atoms with Crippen molar-refractivity contribution in [3.8, 4) is 34.1 Å². The summed E-state index contributed by atoms with van der Waals surface area (Å²) in [5.74, 6) is 3.46. The summed E-state index contributed by atoms with van der Waals surface area (Å²) in [5, 5.41) is 2.40. The SMILES string of the molecule is c1ccc(-c2cc3c(cc2N(c2cc4c5c(c2)Oc2ccccc2B5c2ccccc2O4)c2cccc4ccccc24)CCCC3)cc1. The van der Waals surface area contributed by atoms with Gasteiger partial charge in [-0.25, -0.2) is 0 Å². The van der Waals surface area contributed by atoms with Crippen LogP contribution in [0.3, 0.4) is 0 Å². The Morgan fingerprint density at radius 2 is 1.10 bits per heavy atom. The third-order valence-corrected chi connectivity index (χ3v) is 10.3. The zero-order valence-corrected chi connectivity index (χ0v) is 26.5. The van der Waals surface area contributed by atoms with Gasteiger partial charge in [-0.1, -0.05) is 103 Å². The standard InChI is InChI=1S/C44H32BNO2/c1-2-13-30(14-3-1)35-25-31-16-4-5-17-32(31)26-39(35)46(38-22-12-18-29-15-6-7-19-34(29)38)33-27-42-44-43(28-33)48-41-24-11-9-21-37(41)45(44)36-20-8-10-23-40(36)47-42/h1-3,6-15,18-28H,4-5,16-17H2. The van der Waals surface area contributed by atoms with E-state index in [4.69, 9.17) is 9.47 Å². The molecule has 0 N–H and O–H groups in total. The number of para-hydroxylation sites is 2. The van der Waals surface area contributed by atoms with Crippen molar-refractivity contribution in [1.29, 1.82) is 0 Å². The molecule has 0 amide bonds. The lowest BCUT2D eigenvalue weighted by atomic mass is 9.35. The van der Waals surface area contributed by atoms with Gasteiger partial charge >= 0.3 is 0 Å². The molecule has 0 spiro atoms. The summed E-state index contributed by atoms with van der Waals surface area (Å²) in [6.45, 7) is 0.0357. The van der Waals surface area contributed by atoms with Crippen LogP contribution in [0.25, 0.3) is 21.9 Å². The van der Waals surface area contributed by atoms with E-state index in [0.717, 1.165) is 58.4 Å². The van der Waals surface area contributed by atoms with Crippen molar-refractivity contribution in [3.05, 3.63) is 157 Å². The predicted molar refractivity (Wildman–Crippen MR) is 198 cm³/mol. The number of aryl methyl sites for hydroxylation is 2. The molecule has 3 aliphatic rings. The second-order valence-electron chi connectivity index (χ2n) is 13.1. The quantitative estimate of drug-likeness (QED) is 0.184. The second kappa shape index (κ2) is 10.9. The number of nitrogens with zero attached hydrogens (tertiary/aromatic N) is 1. The van der Waals surface area contributed by atoms with E-state index < -0.39 is 0 Å². The maximum absolute atomic E-state index is 6.79. The van der Waals surface area contributed by atoms with E-state index in [-0.39, 0.29) is 6.71 Å². The van der Waals surface area contributed by atoms with E-state index in [2.05, 4.69) is 150 Å². The summed E-state index contributed by atoms with van der Waals surface area (Å²) >= 11 is 0. The Labute approximate surface area is 281 Å². The molecule has 4 heteroatoms. The van der Waals surface area contributed by atoms with Crippen molar-refractivity contribution in [1.82, 2.24) is 0 Å². The van der Waals surface area contributed by atoms with Crippen LogP contribution in [-0.2, 0) is 12.8 Å². The van der Waals surface area contributed by atoms with Crippen LogP contribution in [0.15, 0.2) is 146 Å². The van der Waals surface area contributed by atoms with Crippen LogP contribution in [0.1, 0.15) is 24.0 Å². The minimum Gasteiger partial charge on any atom is -0.458 e. The van der Waals surface area contributed by atoms with Gasteiger partial charge in [0.05, 0.1) is 17.1 Å². The van der Waals surface area contributed by atoms with Crippen LogP contribution in [0.5, 0.6) is 23.0 Å². The Morgan fingerprint density at radius 3 is 1.83 bits per heavy atom. The minimum atomic E-state index is 0.0357. The second-order valence-corrected chi connectivity index (χ2v) is 13.1. The zero-order chi connectivity index (χ0) is 31.6. The van der Waals surface area contributed by atoms with Crippen molar-refractivity contribution in [2.45, 2.75) is 25.7 Å². The topological polar surface area (TPSA) is 21.7 Å². The number of anilines is 3. The van der Waals surface area contributed by atoms with Gasteiger partial charge in [0, 0.05) is 28.5 Å². The summed E-state index contributed by atoms with van der Waals surface area (Å²) in [6.07, 6.45) is 4.67. The Balaban J connectivity index is 1.27. The normalized spacial score (nSPS) is 13.8. The molecule has 48 heavy (non-hydrogen) atoms. The molecular formula is C44H32BNO2. The summed E-state index contributed by atoms with van der Waals surface area (Å²) in [6, 6.07) is 52.4. The van der Waals surface area contributed by atoms with Gasteiger partial charge in [0.2, 0.25) is 0 Å². The van der Waals surface area contributed by atoms with Crippen LogP contribution in [0.2, 0.25) is 0 Å². The van der Waals surface area contributed by atoms with Crippen LogP contribution in [0, 0.1) is 0 Å². The van der Waals surface area contributed by atoms with Gasteiger partial charge in [0.15, 0.2) is 0 Å². The van der Waals surface area contributed by atoms with E-state index in [1.807, 2.05) is 0 Å². The Bertz CT molecular complexity index is 2310. The van der Waals surface area contributed by atoms with E-state index in [0.29, 0.717) is 0 Å². The average molecular weight is 618 g/mol. The number of hydrogen-bond acceptors (Lipinski definition) is 3. The van der Waals surface area contributed by atoms with E-state index >= 15 is 0 Å². The van der Waals surface area contributed by atoms with Gasteiger partial charge < -0.3 is 14.4 Å². The predicted octanol–water partition coefficient (Wildman–Crippen LogP) is 9.58. The third kappa shape index (κ3) is 4.29. The molecule has 0 radical (unpaired) electrons. The van der Waals surface area contributed by atoms with Gasteiger partial charge in [0.1, 0.15) is 23.0 Å². The molecule has 1 aliphatic carbocycles. The highest BCUT2D eigenvalue weighted by molar-refractivity contribution is 6.98. The number of rotatable bonds is 4. The molecule has 228 valence electrons. The smallest absolute Gasteiger partial charge is 0.260 e. The number of hydrogen-bond donors (Lipinski definition) is 0. The first-order valence-corrected chi connectivity index (χ1v) is 17.0. The Kier molecular flexibility index (Phi) is 6.23. The van der Waals surface area contributed by atoms with E-state index in [9.17, 15) is 0 Å². The van der Waals surface area contributed by atoms with Gasteiger partial charge in [-0.05, 0) is 89.0 Å². The summed E-state index contributed by atoms with van der Waals surface area (Å²) in [5.41, 5.74) is 12.1. The lowest BCUT2D eigenvalue weighted by molar-refractivity contribution is 0.465. The van der Waals surface area contributed by atoms with E-state index in [1.165, 1.54) is 56.8 Å². The summed E-state index contributed by atoms with van der Waals surface area (Å²) in [7, 11) is 0. The van der Waals surface area contributed by atoms with Crippen LogP contribution < -0.4 is 30.8 Å². The lowest BCUT2D eigenvalue weighted by Crippen LogP contribution is -2.57. The fraction of sp³-hybridized carbons (Fsp3) is 0.0909. The molecule has 3 nitrogen and oxygen atoms in total. The number of benzene rings is 7. The zero-order valence-electron chi connectivity index (χ0n) is 26.5. The van der Waals surface area contributed by atoms with Crippen molar-refractivity contribution < 1.29 is 9.47 Å². The molecule has 0 saturated heterocycles. The molecule has 0 fully saturated rings. The number of fused-ring (bicyclic) bond motifs is 6. The lowest BCUT2D eigenvalue weighted by Gasteiger charge is -2.35. The molecular weight excluding hydrogens is 585 g/mol. The first-order valence-electron chi connectivity index (χ1n) is 17.0. The monoisotopic (exact) mass is 617 g/mol. The molecule has 2 aliphatic heterocycles. The van der Waals surface area contributed by atoms with Crippen molar-refractivity contribution in [3.63, 3.8) is 0 Å². The molecule has 0 atom stereocenters. The first kappa shape index (κ1) is 27.4. The highest BCUT2D eigenvalue weighted by atomic mass is 16.5. The first-order chi connectivity index (χ1) is 23.8. The van der Waals surface area contributed by atoms with E-state index in [1.54, 1.807) is 0 Å². The van der Waals surface area contributed by atoms with Crippen LogP contribution >= 0.6 is 0 Å². The van der Waals surface area contributed by atoms with Crippen molar-refractivity contribution >= 4 is 50.9 Å². The molecule has 0 saturated carbocycles. The molecule has 2 heterocycles. The summed E-state index contributed by atoms with van der Waals surface area (Å²) in [4.78, 5) is 2.44. The van der Waals surface area contributed by atoms with Crippen LogP contribution in [0.4, 0.5) is 17.1 Å². The molecule has 0 aromatic heterocycles. The van der Waals surface area contributed by atoms with Gasteiger partial charge in [-0.15, -0.1) is 0 Å². The average Bonchev–Trinajstić information content (AvgIpc) is 3.15. The largest absolute Gasteiger partial charge is 0.458 e. The molecule has 7 aromatic carbocycles. The molecule has 0 bridgehead atoms. The maximum Gasteiger partial charge on any atom is 0.260 e. The Morgan fingerprint density at radius 1 is 0.500 bits per heavy atom. The minimum absolute atomic E-state index is 0.0357. The highest BCUT2D eigenvalue weighted by Gasteiger charge is 2.40. The van der Waals surface area contributed by atoms with Crippen molar-refractivity contribution in [2.75, 3.05) is 4.90 Å². The van der Waals surface area contributed by atoms with Gasteiger partial charge in [0.25, 0.3) is 6.71 Å².